The largest absolute Gasteiger partial charge is 0.455 e. The van der Waals surface area contributed by atoms with Crippen LogP contribution < -0.4 is 0 Å². The molecule has 4 fully saturated rings. The van der Waals surface area contributed by atoms with Gasteiger partial charge >= 0.3 is 0 Å². The zero-order chi connectivity index (χ0) is 41.5. The molecule has 302 valence electrons. The van der Waals surface area contributed by atoms with Crippen molar-refractivity contribution in [2.24, 2.45) is 17.8 Å². The average Bonchev–Trinajstić information content (AvgIpc) is 3.74. The van der Waals surface area contributed by atoms with Crippen LogP contribution in [0.2, 0.25) is 0 Å². The number of nitrogens with zero attached hydrogens (tertiary/aromatic N) is 3. The normalized spacial score (nSPS) is 20.2. The average molecular weight is 812 g/mol. The van der Waals surface area contributed by atoms with Gasteiger partial charge in [0.05, 0.1) is 5.56 Å². The van der Waals surface area contributed by atoms with Gasteiger partial charge in [-0.2, -0.15) is 0 Å². The SMILES string of the molecule is c1ccc(-c2ccc(-c3nc(-c4cc(-c5ccccc5)cc(-c5ccc(C67CC8CC(CC(C8)C6)C7)cc5)c4)nc(-c4cccc5c4oc4ccc6ccccc6c45)n3)cc2)cc1. The second-order valence-electron chi connectivity index (χ2n) is 18.6. The summed E-state index contributed by atoms with van der Waals surface area (Å²) in [5.74, 6) is 4.54. The van der Waals surface area contributed by atoms with E-state index in [-0.39, 0.29) is 0 Å². The van der Waals surface area contributed by atoms with Gasteiger partial charge < -0.3 is 4.42 Å². The van der Waals surface area contributed by atoms with Crippen molar-refractivity contribution in [1.82, 2.24) is 15.0 Å². The first kappa shape index (κ1) is 36.5. The molecule has 0 atom stereocenters. The van der Waals surface area contributed by atoms with Crippen LogP contribution in [0, 0.1) is 17.8 Å². The van der Waals surface area contributed by atoms with Gasteiger partial charge in [-0.05, 0) is 142 Å². The fourth-order valence-electron chi connectivity index (χ4n) is 12.1. The standard InChI is InChI=1S/C59H45N3O/c1-3-10-40(11-4-1)42-18-20-45(21-19-42)56-60-57(62-58(61-56)52-17-9-16-51-54-50-15-8-7-14-44(50)24-27-53(54)63-55(51)52)48-32-46(41-12-5-2-6-13-41)31-47(33-48)43-22-25-49(26-23-43)59-34-37-28-38(35-59)30-39(29-37)36-59/h1-27,31-33,37-39H,28-30,34-36H2. The minimum absolute atomic E-state index is 0.358. The summed E-state index contributed by atoms with van der Waals surface area (Å²) in [6.07, 6.45) is 8.46. The number of hydrogen-bond donors (Lipinski definition) is 0. The molecule has 14 rings (SSSR count). The Morgan fingerprint density at radius 2 is 0.905 bits per heavy atom. The molecule has 4 aliphatic carbocycles. The fourth-order valence-corrected chi connectivity index (χ4v) is 12.1. The van der Waals surface area contributed by atoms with Gasteiger partial charge in [-0.25, -0.2) is 15.0 Å². The molecule has 0 unspecified atom stereocenters. The van der Waals surface area contributed by atoms with Crippen molar-refractivity contribution in [2.45, 2.75) is 43.9 Å². The van der Waals surface area contributed by atoms with Crippen molar-refractivity contribution >= 4 is 32.7 Å². The fraction of sp³-hybridized carbons (Fsp3) is 0.169. The van der Waals surface area contributed by atoms with Gasteiger partial charge in [-0.3, -0.25) is 0 Å². The lowest BCUT2D eigenvalue weighted by Gasteiger charge is -2.57. The van der Waals surface area contributed by atoms with Crippen LogP contribution in [0.25, 0.3) is 100 Å². The molecule has 8 aromatic carbocycles. The molecular formula is C59H45N3O. The highest BCUT2D eigenvalue weighted by Gasteiger charge is 2.51. The van der Waals surface area contributed by atoms with Crippen LogP contribution in [-0.4, -0.2) is 15.0 Å². The summed E-state index contributed by atoms with van der Waals surface area (Å²) in [5, 5.41) is 4.49. The van der Waals surface area contributed by atoms with Crippen molar-refractivity contribution in [1.29, 1.82) is 0 Å². The number of rotatable bonds is 7. The topological polar surface area (TPSA) is 51.8 Å². The van der Waals surface area contributed by atoms with Crippen molar-refractivity contribution in [3.63, 3.8) is 0 Å². The van der Waals surface area contributed by atoms with Crippen molar-refractivity contribution in [3.8, 4) is 67.5 Å². The van der Waals surface area contributed by atoms with Gasteiger partial charge in [0, 0.05) is 21.9 Å². The lowest BCUT2D eigenvalue weighted by Crippen LogP contribution is -2.48. The molecule has 0 spiro atoms. The number of fused-ring (bicyclic) bond motifs is 5. The van der Waals surface area contributed by atoms with E-state index in [2.05, 4.69) is 176 Å². The van der Waals surface area contributed by atoms with Gasteiger partial charge in [0.25, 0.3) is 0 Å². The highest BCUT2D eigenvalue weighted by molar-refractivity contribution is 6.20. The second kappa shape index (κ2) is 14.5. The Labute approximate surface area is 367 Å². The highest BCUT2D eigenvalue weighted by Crippen LogP contribution is 2.60. The van der Waals surface area contributed by atoms with Gasteiger partial charge in [-0.1, -0.05) is 152 Å². The zero-order valence-corrected chi connectivity index (χ0v) is 35.0. The van der Waals surface area contributed by atoms with Gasteiger partial charge in [0.15, 0.2) is 17.5 Å². The van der Waals surface area contributed by atoms with Crippen LogP contribution >= 0.6 is 0 Å². The molecule has 0 saturated heterocycles. The molecule has 4 bridgehead atoms. The Balaban J connectivity index is 0.976. The van der Waals surface area contributed by atoms with Crippen LogP contribution in [0.1, 0.15) is 44.1 Å². The first-order chi connectivity index (χ1) is 31.1. The molecule has 0 radical (unpaired) electrons. The van der Waals surface area contributed by atoms with E-state index in [1.165, 1.54) is 55.0 Å². The maximum absolute atomic E-state index is 6.74. The molecule has 10 aromatic rings. The van der Waals surface area contributed by atoms with Crippen LogP contribution in [-0.2, 0) is 5.41 Å². The molecule has 4 saturated carbocycles. The molecule has 2 aromatic heterocycles. The smallest absolute Gasteiger partial charge is 0.167 e. The van der Waals surface area contributed by atoms with E-state index in [9.17, 15) is 0 Å². The van der Waals surface area contributed by atoms with E-state index in [1.807, 2.05) is 6.07 Å². The maximum Gasteiger partial charge on any atom is 0.167 e. The molecule has 4 aliphatic rings. The van der Waals surface area contributed by atoms with Crippen LogP contribution in [0.3, 0.4) is 0 Å². The minimum atomic E-state index is 0.358. The summed E-state index contributed by atoms with van der Waals surface area (Å²) in [6.45, 7) is 0. The van der Waals surface area contributed by atoms with Crippen LogP contribution in [0.15, 0.2) is 186 Å². The third kappa shape index (κ3) is 6.30. The quantitative estimate of drug-likeness (QED) is 0.161. The summed E-state index contributed by atoms with van der Waals surface area (Å²) in [7, 11) is 0. The molecule has 0 amide bonds. The number of benzene rings is 8. The van der Waals surface area contributed by atoms with E-state index in [1.54, 1.807) is 5.56 Å². The minimum Gasteiger partial charge on any atom is -0.455 e. The van der Waals surface area contributed by atoms with Gasteiger partial charge in [0.2, 0.25) is 0 Å². The number of para-hydroxylation sites is 1. The summed E-state index contributed by atoms with van der Waals surface area (Å²) in [4.78, 5) is 15.9. The predicted octanol–water partition coefficient (Wildman–Crippen LogP) is 15.4. The van der Waals surface area contributed by atoms with Crippen molar-refractivity contribution in [2.75, 3.05) is 0 Å². The molecule has 63 heavy (non-hydrogen) atoms. The van der Waals surface area contributed by atoms with Crippen LogP contribution in [0.5, 0.6) is 0 Å². The summed E-state index contributed by atoms with van der Waals surface area (Å²) < 4.78 is 6.74. The van der Waals surface area contributed by atoms with E-state index in [4.69, 9.17) is 19.4 Å². The first-order valence-electron chi connectivity index (χ1n) is 22.7. The van der Waals surface area contributed by atoms with Crippen LogP contribution in [0.4, 0.5) is 0 Å². The number of furan rings is 1. The molecule has 0 aliphatic heterocycles. The molecule has 0 N–H and O–H groups in total. The second-order valence-corrected chi connectivity index (χ2v) is 18.6. The summed E-state index contributed by atoms with van der Waals surface area (Å²) in [5.41, 5.74) is 13.1. The zero-order valence-electron chi connectivity index (χ0n) is 35.0. The third-order valence-electron chi connectivity index (χ3n) is 14.7. The van der Waals surface area contributed by atoms with E-state index in [0.717, 1.165) is 84.0 Å². The number of aromatic nitrogens is 3. The van der Waals surface area contributed by atoms with Crippen molar-refractivity contribution in [3.05, 3.63) is 188 Å². The molecular weight excluding hydrogens is 767 g/mol. The Bertz CT molecular complexity index is 3320. The Morgan fingerprint density at radius 1 is 0.397 bits per heavy atom. The highest BCUT2D eigenvalue weighted by atomic mass is 16.3. The van der Waals surface area contributed by atoms with E-state index >= 15 is 0 Å². The Morgan fingerprint density at radius 3 is 1.59 bits per heavy atom. The summed E-state index contributed by atoms with van der Waals surface area (Å²) >= 11 is 0. The first-order valence-corrected chi connectivity index (χ1v) is 22.7. The molecule has 2 heterocycles. The molecule has 4 nitrogen and oxygen atoms in total. The monoisotopic (exact) mass is 811 g/mol. The predicted molar refractivity (Wildman–Crippen MR) is 257 cm³/mol. The Hall–Kier alpha value is -7.17. The van der Waals surface area contributed by atoms with E-state index < -0.39 is 0 Å². The lowest BCUT2D eigenvalue weighted by molar-refractivity contribution is -0.00518. The van der Waals surface area contributed by atoms with E-state index in [0.29, 0.717) is 22.9 Å². The maximum atomic E-state index is 6.74. The summed E-state index contributed by atoms with van der Waals surface area (Å²) in [6, 6.07) is 65.2. The van der Waals surface area contributed by atoms with Crippen molar-refractivity contribution < 1.29 is 4.42 Å². The van der Waals surface area contributed by atoms with Gasteiger partial charge in [0.1, 0.15) is 11.2 Å². The lowest BCUT2D eigenvalue weighted by atomic mass is 9.48. The number of hydrogen-bond acceptors (Lipinski definition) is 4. The Kier molecular flexibility index (Phi) is 8.37. The van der Waals surface area contributed by atoms with Gasteiger partial charge in [-0.15, -0.1) is 0 Å². The third-order valence-corrected chi connectivity index (χ3v) is 14.7. The molecule has 4 heteroatoms.